The van der Waals surface area contributed by atoms with Gasteiger partial charge in [0.05, 0.1) is 16.3 Å². The van der Waals surface area contributed by atoms with Crippen LogP contribution in [0.2, 0.25) is 0 Å². The van der Waals surface area contributed by atoms with Crippen LogP contribution in [0.5, 0.6) is 0 Å². The molecule has 0 unspecified atom stereocenters. The number of carbonyl (C=O) groups excluding carboxylic acids is 1. The van der Waals surface area contributed by atoms with Crippen molar-refractivity contribution in [3.05, 3.63) is 42.1 Å². The van der Waals surface area contributed by atoms with Crippen molar-refractivity contribution in [2.45, 2.75) is 65.0 Å². The Morgan fingerprint density at radius 1 is 1.08 bits per heavy atom. The third-order valence-corrected chi connectivity index (χ3v) is 7.82. The number of rotatable bonds is 5. The number of carbonyl (C=O) groups is 1. The molecule has 8 nitrogen and oxygen atoms in total. The first kappa shape index (κ1) is 25.4. The molecular weight excluding hydrogens is 484 g/mol. The quantitative estimate of drug-likeness (QED) is 0.443. The van der Waals surface area contributed by atoms with Crippen LogP contribution in [0.3, 0.4) is 0 Å². The van der Waals surface area contributed by atoms with E-state index >= 15 is 0 Å². The van der Waals surface area contributed by atoms with E-state index in [4.69, 9.17) is 14.7 Å². The maximum atomic E-state index is 12.5. The maximum Gasteiger partial charge on any atom is 0.410 e. The molecule has 0 bridgehead atoms. The van der Waals surface area contributed by atoms with Gasteiger partial charge >= 0.3 is 6.09 Å². The molecule has 1 amide bonds. The molecule has 1 saturated heterocycles. The van der Waals surface area contributed by atoms with Crippen LogP contribution in [0.15, 0.2) is 36.5 Å². The maximum absolute atomic E-state index is 12.5. The summed E-state index contributed by atoms with van der Waals surface area (Å²) in [6.45, 7) is 10.4. The molecule has 1 saturated carbocycles. The number of nitrogens with zero attached hydrogens (tertiary/aromatic N) is 5. The second-order valence-corrected chi connectivity index (χ2v) is 11.9. The van der Waals surface area contributed by atoms with Gasteiger partial charge < -0.3 is 19.9 Å². The number of benzene rings is 1. The molecule has 1 aromatic carbocycles. The van der Waals surface area contributed by atoms with Crippen LogP contribution in [-0.4, -0.2) is 63.8 Å². The highest BCUT2D eigenvalue weighted by atomic mass is 32.1. The van der Waals surface area contributed by atoms with Gasteiger partial charge in [-0.3, -0.25) is 0 Å². The Kier molecular flexibility index (Phi) is 7.33. The van der Waals surface area contributed by atoms with Gasteiger partial charge in [0, 0.05) is 44.0 Å². The summed E-state index contributed by atoms with van der Waals surface area (Å²) in [6, 6.07) is 10.9. The summed E-state index contributed by atoms with van der Waals surface area (Å²) in [5.41, 5.74) is 3.58. The number of amides is 1. The first-order chi connectivity index (χ1) is 17.7. The van der Waals surface area contributed by atoms with Crippen molar-refractivity contribution in [3.63, 3.8) is 0 Å². The highest BCUT2D eigenvalue weighted by molar-refractivity contribution is 7.19. The Morgan fingerprint density at radius 3 is 2.54 bits per heavy atom. The number of ether oxygens (including phenoxy) is 1. The first-order valence-electron chi connectivity index (χ1n) is 13.2. The molecule has 1 aliphatic heterocycles. The summed E-state index contributed by atoms with van der Waals surface area (Å²) >= 11 is 1.65. The molecule has 1 N–H and O–H groups in total. The fourth-order valence-corrected chi connectivity index (χ4v) is 5.93. The van der Waals surface area contributed by atoms with Crippen molar-refractivity contribution in [1.29, 1.82) is 0 Å². The second kappa shape index (κ2) is 10.7. The summed E-state index contributed by atoms with van der Waals surface area (Å²) in [5.74, 6) is 0.681. The molecule has 2 fully saturated rings. The average Bonchev–Trinajstić information content (AvgIpc) is 3.54. The Hall–Kier alpha value is -3.20. The van der Waals surface area contributed by atoms with Crippen LogP contribution in [0.1, 0.15) is 52.0 Å². The van der Waals surface area contributed by atoms with E-state index in [9.17, 15) is 4.79 Å². The third-order valence-electron chi connectivity index (χ3n) is 6.69. The fourth-order valence-electron chi connectivity index (χ4n) is 4.82. The third kappa shape index (κ3) is 6.21. The Balaban J connectivity index is 1.41. The largest absolute Gasteiger partial charge is 0.444 e. The molecule has 37 heavy (non-hydrogen) atoms. The number of thiazole rings is 1. The molecule has 5 rings (SSSR count). The van der Waals surface area contributed by atoms with Crippen molar-refractivity contribution in [2.75, 3.05) is 36.4 Å². The molecule has 0 radical (unpaired) electrons. The van der Waals surface area contributed by atoms with Crippen LogP contribution < -0.4 is 10.2 Å². The van der Waals surface area contributed by atoms with E-state index in [0.717, 1.165) is 27.0 Å². The lowest BCUT2D eigenvalue weighted by Gasteiger charge is -2.35. The van der Waals surface area contributed by atoms with Gasteiger partial charge in [-0.25, -0.2) is 19.7 Å². The Labute approximate surface area is 223 Å². The number of anilines is 2. The van der Waals surface area contributed by atoms with Gasteiger partial charge in [-0.05, 0) is 52.7 Å². The standard InChI is InChI=1S/C28H36N6O2S/c1-19-8-7-9-20(18-19)23-24(22-12-13-29-25(31-22)30-21-10-5-6-11-21)37-26(32-23)33-14-16-34(17-15-33)27(35)36-28(2,3)4/h7-9,12-13,18,21H,5-6,10-11,14-17H2,1-4H3,(H,29,30,31). The van der Waals surface area contributed by atoms with Gasteiger partial charge in [0.2, 0.25) is 5.95 Å². The number of hydrogen-bond acceptors (Lipinski definition) is 8. The highest BCUT2D eigenvalue weighted by Gasteiger charge is 2.28. The van der Waals surface area contributed by atoms with Crippen molar-refractivity contribution in [3.8, 4) is 21.8 Å². The van der Waals surface area contributed by atoms with Gasteiger partial charge in [0.25, 0.3) is 0 Å². The lowest BCUT2D eigenvalue weighted by molar-refractivity contribution is 0.0240. The van der Waals surface area contributed by atoms with E-state index in [1.165, 1.54) is 31.2 Å². The Morgan fingerprint density at radius 2 is 1.84 bits per heavy atom. The van der Waals surface area contributed by atoms with Gasteiger partial charge in [0.1, 0.15) is 5.60 Å². The number of hydrogen-bond donors (Lipinski definition) is 1. The predicted molar refractivity (Wildman–Crippen MR) is 149 cm³/mol. The van der Waals surface area contributed by atoms with Gasteiger partial charge in [-0.15, -0.1) is 0 Å². The van der Waals surface area contributed by atoms with Crippen LogP contribution >= 0.6 is 11.3 Å². The lowest BCUT2D eigenvalue weighted by atomic mass is 10.1. The molecule has 0 spiro atoms. The summed E-state index contributed by atoms with van der Waals surface area (Å²) in [6.07, 6.45) is 6.43. The zero-order chi connectivity index (χ0) is 26.0. The van der Waals surface area contributed by atoms with Crippen molar-refractivity contribution < 1.29 is 9.53 Å². The number of aryl methyl sites for hydroxylation is 1. The summed E-state index contributed by atoms with van der Waals surface area (Å²) < 4.78 is 5.56. The van der Waals surface area contributed by atoms with Gasteiger partial charge in [-0.2, -0.15) is 0 Å². The summed E-state index contributed by atoms with van der Waals surface area (Å²) in [5, 5.41) is 4.47. The minimum Gasteiger partial charge on any atom is -0.444 e. The number of aromatic nitrogens is 3. The number of piperazine rings is 1. The molecule has 2 aliphatic rings. The van der Waals surface area contributed by atoms with Crippen LogP contribution in [0.4, 0.5) is 15.9 Å². The van der Waals surface area contributed by atoms with E-state index < -0.39 is 5.60 Å². The molecule has 1 aliphatic carbocycles. The van der Waals surface area contributed by atoms with Crippen molar-refractivity contribution in [2.24, 2.45) is 0 Å². The molecular formula is C28H36N6O2S. The SMILES string of the molecule is Cc1cccc(-c2nc(N3CCN(C(=O)OC(C)(C)C)CC3)sc2-c2ccnc(NC3CCCC3)n2)c1. The number of nitrogens with one attached hydrogen (secondary N) is 1. The molecule has 0 atom stereocenters. The normalized spacial score (nSPS) is 16.8. The minimum atomic E-state index is -0.496. The zero-order valence-electron chi connectivity index (χ0n) is 22.2. The molecule has 2 aromatic heterocycles. The van der Waals surface area contributed by atoms with Crippen LogP contribution in [0.25, 0.3) is 21.8 Å². The van der Waals surface area contributed by atoms with Crippen molar-refractivity contribution in [1.82, 2.24) is 19.9 Å². The van der Waals surface area contributed by atoms with E-state index in [2.05, 4.69) is 46.4 Å². The first-order valence-corrected chi connectivity index (χ1v) is 14.0. The summed E-state index contributed by atoms with van der Waals surface area (Å²) in [4.78, 5) is 32.1. The minimum absolute atomic E-state index is 0.254. The zero-order valence-corrected chi connectivity index (χ0v) is 23.0. The van der Waals surface area contributed by atoms with Crippen LogP contribution in [-0.2, 0) is 4.74 Å². The van der Waals surface area contributed by atoms with E-state index in [1.54, 1.807) is 16.2 Å². The topological polar surface area (TPSA) is 83.5 Å². The molecule has 3 heterocycles. The lowest BCUT2D eigenvalue weighted by Crippen LogP contribution is -2.50. The van der Waals surface area contributed by atoms with E-state index in [-0.39, 0.29) is 6.09 Å². The molecule has 3 aromatic rings. The van der Waals surface area contributed by atoms with Crippen molar-refractivity contribution >= 4 is 28.5 Å². The Bertz CT molecular complexity index is 1240. The highest BCUT2D eigenvalue weighted by Crippen LogP contribution is 2.40. The monoisotopic (exact) mass is 520 g/mol. The smallest absolute Gasteiger partial charge is 0.410 e. The molecule has 9 heteroatoms. The second-order valence-electron chi connectivity index (χ2n) is 10.9. The van der Waals surface area contributed by atoms with E-state index in [1.807, 2.05) is 33.0 Å². The summed E-state index contributed by atoms with van der Waals surface area (Å²) in [7, 11) is 0. The van der Waals surface area contributed by atoms with Crippen LogP contribution in [0, 0.1) is 6.92 Å². The average molecular weight is 521 g/mol. The van der Waals surface area contributed by atoms with Gasteiger partial charge in [0.15, 0.2) is 5.13 Å². The fraction of sp³-hybridized carbons (Fsp3) is 0.500. The van der Waals surface area contributed by atoms with E-state index in [0.29, 0.717) is 38.2 Å². The predicted octanol–water partition coefficient (Wildman–Crippen LogP) is 5.99. The van der Waals surface area contributed by atoms with Gasteiger partial charge in [-0.1, -0.05) is 47.9 Å². The molecule has 196 valence electrons.